The third-order valence-corrected chi connectivity index (χ3v) is 13.3. The lowest BCUT2D eigenvalue weighted by Gasteiger charge is -2.26. The minimum atomic E-state index is -0.719. The molecule has 0 aromatic heterocycles. The Labute approximate surface area is 236 Å². The van der Waals surface area contributed by atoms with Crippen molar-refractivity contribution in [1.29, 1.82) is 0 Å². The van der Waals surface area contributed by atoms with Gasteiger partial charge in [-0.1, -0.05) is 148 Å². The van der Waals surface area contributed by atoms with E-state index in [1.165, 1.54) is 42.4 Å². The van der Waals surface area contributed by atoms with Crippen molar-refractivity contribution in [2.24, 2.45) is 0 Å². The lowest BCUT2D eigenvalue weighted by Crippen LogP contribution is -2.33. The van der Waals surface area contributed by atoms with Gasteiger partial charge in [0.1, 0.15) is 0 Å². The van der Waals surface area contributed by atoms with E-state index < -0.39 is 15.8 Å². The second-order valence-corrected chi connectivity index (χ2v) is 14.7. The number of benzene rings is 6. The minimum Gasteiger partial charge on any atom is -0.176 e. The zero-order chi connectivity index (χ0) is 26.3. The van der Waals surface area contributed by atoms with E-state index >= 15 is 0 Å². The third kappa shape index (κ3) is 5.96. The highest BCUT2D eigenvalue weighted by atomic mass is 31.1. The molecule has 3 heteroatoms. The average Bonchev–Trinajstić information content (AvgIpc) is 3.01. The van der Waals surface area contributed by atoms with Gasteiger partial charge in [-0.3, -0.25) is 0 Å². The summed E-state index contributed by atoms with van der Waals surface area (Å²) in [4.78, 5) is 0. The van der Waals surface area contributed by atoms with Crippen molar-refractivity contribution >= 4 is 66.9 Å². The van der Waals surface area contributed by atoms with Gasteiger partial charge in [-0.05, 0) is 53.0 Å². The molecule has 0 spiro atoms. The molecule has 39 heavy (non-hydrogen) atoms. The van der Waals surface area contributed by atoms with E-state index in [0.717, 1.165) is 0 Å². The van der Waals surface area contributed by atoms with Gasteiger partial charge in [0.25, 0.3) is 0 Å². The third-order valence-electron chi connectivity index (χ3n) is 6.54. The van der Waals surface area contributed by atoms with Gasteiger partial charge in [-0.15, -0.1) is 5.30 Å². The fourth-order valence-electron chi connectivity index (χ4n) is 4.78. The summed E-state index contributed by atoms with van der Waals surface area (Å²) in [5.74, 6) is 0. The Balaban J connectivity index is 1.46. The average molecular weight is 554 g/mol. The molecule has 0 amide bonds. The number of hydrogen-bond donors (Lipinski definition) is 0. The maximum absolute atomic E-state index is 3.56. The predicted molar refractivity (Wildman–Crippen MR) is 177 cm³/mol. The van der Waals surface area contributed by atoms with E-state index in [1.54, 1.807) is 0 Å². The van der Waals surface area contributed by atoms with Crippen LogP contribution in [0.25, 0.3) is 0 Å². The molecule has 0 N–H and O–H groups in total. The molecule has 0 nitrogen and oxygen atoms in total. The maximum atomic E-state index is 3.56. The van der Waals surface area contributed by atoms with Crippen LogP contribution in [0.3, 0.4) is 0 Å². The van der Waals surface area contributed by atoms with Crippen LogP contribution in [0.1, 0.15) is 0 Å². The Morgan fingerprint density at radius 1 is 0.385 bits per heavy atom. The van der Waals surface area contributed by atoms with Crippen LogP contribution in [0.2, 0.25) is 0 Å². The minimum absolute atomic E-state index is 0.558. The van der Waals surface area contributed by atoms with Crippen molar-refractivity contribution in [3.8, 4) is 0 Å². The molecule has 188 valence electrons. The van der Waals surface area contributed by atoms with Gasteiger partial charge in [-0.2, -0.15) is 30.3 Å². The number of hydrogen-bond acceptors (Lipinski definition) is 0. The molecular weight excluding hydrogens is 525 g/mol. The van der Waals surface area contributed by atoms with Crippen LogP contribution in [0.5, 0.6) is 0 Å². The quantitative estimate of drug-likeness (QED) is 0.169. The molecule has 0 aliphatic carbocycles. The molecule has 0 heterocycles. The van der Waals surface area contributed by atoms with Crippen LogP contribution in [-0.2, 0) is 0 Å². The van der Waals surface area contributed by atoms with Crippen LogP contribution in [0.4, 0.5) is 0 Å². The molecule has 0 saturated heterocycles. The van der Waals surface area contributed by atoms with E-state index in [9.17, 15) is 0 Å². The molecule has 0 radical (unpaired) electrons. The first-order chi connectivity index (χ1) is 19.4. The molecule has 6 rings (SSSR count). The van der Waals surface area contributed by atoms with Gasteiger partial charge in [0.2, 0.25) is 0 Å². The van der Waals surface area contributed by atoms with Crippen LogP contribution in [0.15, 0.2) is 164 Å². The lowest BCUT2D eigenvalue weighted by molar-refractivity contribution is 1.74. The highest BCUT2D eigenvalue weighted by Gasteiger charge is 2.21. The Kier molecular flexibility index (Phi) is 8.38. The summed E-state index contributed by atoms with van der Waals surface area (Å²) in [6, 6.07) is 63.1. The normalized spacial score (nSPS) is 12.1. The Morgan fingerprint density at radius 2 is 0.795 bits per heavy atom. The first kappa shape index (κ1) is 25.9. The maximum Gasteiger partial charge on any atom is -0.00735 e. The first-order valence-electron chi connectivity index (χ1n) is 13.1. The van der Waals surface area contributed by atoms with E-state index in [0.29, 0.717) is 8.58 Å². The zero-order valence-electron chi connectivity index (χ0n) is 21.5. The highest BCUT2D eigenvalue weighted by molar-refractivity contribution is 7.82. The van der Waals surface area contributed by atoms with Crippen molar-refractivity contribution in [3.05, 3.63) is 170 Å². The van der Waals surface area contributed by atoms with E-state index in [1.807, 2.05) is 6.07 Å². The van der Waals surface area contributed by atoms with E-state index in [-0.39, 0.29) is 0 Å². The summed E-state index contributed by atoms with van der Waals surface area (Å²) in [5, 5.41) is 11.1. The monoisotopic (exact) mass is 553 g/mol. The summed E-state index contributed by atoms with van der Waals surface area (Å²) < 4.78 is 0. The van der Waals surface area contributed by atoms with Crippen LogP contribution in [0, 0.1) is 6.07 Å². The molecule has 0 aliphatic rings. The van der Waals surface area contributed by atoms with Crippen molar-refractivity contribution in [3.63, 3.8) is 0 Å². The lowest BCUT2D eigenvalue weighted by atomic mass is 10.3. The second kappa shape index (κ2) is 12.6. The molecule has 0 aliphatic heterocycles. The van der Waals surface area contributed by atoms with Crippen LogP contribution >= 0.6 is 24.4 Å². The fraction of sp³-hybridized carbons (Fsp3) is 0. The molecule has 6 aromatic carbocycles. The summed E-state index contributed by atoms with van der Waals surface area (Å²) in [5.41, 5.74) is 0. The standard InChI is InChI=1S/C36H28P3/c1-5-17-29(18-6-1)38(30-19-7-2-8-20-30)35-27-15-13-25-33(35)37-34-26-14-16-28-36(34)39(31-21-9-3-10-22-31)32-23-11-4-12-24-32/h1-23,25-28,37H/q-1. The molecule has 0 bridgehead atoms. The topological polar surface area (TPSA) is 0 Å². The SMILES string of the molecule is [c-]1ccccc1P(c1ccccc1)c1ccccc1Pc1ccccc1P(c1ccccc1)c1ccccc1. The summed E-state index contributed by atoms with van der Waals surface area (Å²) in [6.07, 6.45) is 0. The molecule has 6 aromatic rings. The first-order valence-corrected chi connectivity index (χ1v) is 16.7. The van der Waals surface area contributed by atoms with Gasteiger partial charge in [0.05, 0.1) is 0 Å². The van der Waals surface area contributed by atoms with Gasteiger partial charge in [0.15, 0.2) is 0 Å². The fourth-order valence-corrected chi connectivity index (χ4v) is 11.5. The summed E-state index contributed by atoms with van der Waals surface area (Å²) in [7, 11) is -0.830. The van der Waals surface area contributed by atoms with E-state index in [4.69, 9.17) is 0 Å². The van der Waals surface area contributed by atoms with Gasteiger partial charge < -0.3 is 0 Å². The predicted octanol–water partition coefficient (Wildman–Crippen LogP) is 5.63. The molecular formula is C36H28P3-. The largest absolute Gasteiger partial charge is 0.176 e. The van der Waals surface area contributed by atoms with Crippen molar-refractivity contribution < 1.29 is 0 Å². The van der Waals surface area contributed by atoms with Gasteiger partial charge in [0, 0.05) is 0 Å². The van der Waals surface area contributed by atoms with Crippen molar-refractivity contribution in [2.45, 2.75) is 0 Å². The van der Waals surface area contributed by atoms with Crippen LogP contribution in [-0.4, -0.2) is 0 Å². The zero-order valence-corrected chi connectivity index (χ0v) is 24.3. The Bertz CT molecular complexity index is 1410. The van der Waals surface area contributed by atoms with Gasteiger partial charge >= 0.3 is 0 Å². The van der Waals surface area contributed by atoms with Crippen molar-refractivity contribution in [2.75, 3.05) is 0 Å². The molecule has 2 unspecified atom stereocenters. The summed E-state index contributed by atoms with van der Waals surface area (Å²) in [6.45, 7) is 0. The smallest absolute Gasteiger partial charge is 0.00735 e. The van der Waals surface area contributed by atoms with Gasteiger partial charge in [-0.25, -0.2) is 0 Å². The van der Waals surface area contributed by atoms with Crippen molar-refractivity contribution in [1.82, 2.24) is 0 Å². The number of rotatable bonds is 8. The molecule has 0 fully saturated rings. The van der Waals surface area contributed by atoms with Crippen LogP contribution < -0.4 is 42.4 Å². The Hall–Kier alpha value is -3.39. The highest BCUT2D eigenvalue weighted by Crippen LogP contribution is 2.35. The molecule has 0 saturated carbocycles. The Morgan fingerprint density at radius 3 is 1.28 bits per heavy atom. The second-order valence-electron chi connectivity index (χ2n) is 9.08. The van der Waals surface area contributed by atoms with E-state index in [2.05, 4.69) is 164 Å². The summed E-state index contributed by atoms with van der Waals surface area (Å²) >= 11 is 0. The molecule has 2 atom stereocenters.